The molecule has 0 amide bonds. The lowest BCUT2D eigenvalue weighted by molar-refractivity contribution is 0.628. The summed E-state index contributed by atoms with van der Waals surface area (Å²) in [6.07, 6.45) is 3.33. The second-order valence-corrected chi connectivity index (χ2v) is 8.11. The Bertz CT molecular complexity index is 1460. The van der Waals surface area contributed by atoms with Gasteiger partial charge in [0.2, 0.25) is 0 Å². The molecule has 0 atom stereocenters. The zero-order valence-corrected chi connectivity index (χ0v) is 19.3. The highest BCUT2D eigenvalue weighted by Crippen LogP contribution is 2.32. The van der Waals surface area contributed by atoms with Crippen LogP contribution in [0.15, 0.2) is 60.9 Å². The third-order valence-corrected chi connectivity index (χ3v) is 6.23. The summed E-state index contributed by atoms with van der Waals surface area (Å²) in [5, 5.41) is 3.30. The molecule has 4 nitrogen and oxygen atoms in total. The second kappa shape index (κ2) is 9.33. The summed E-state index contributed by atoms with van der Waals surface area (Å²) in [4.78, 5) is 16.9. The van der Waals surface area contributed by atoms with Gasteiger partial charge in [0.1, 0.15) is 11.0 Å². The summed E-state index contributed by atoms with van der Waals surface area (Å²) in [6.45, 7) is 3.71. The number of fused-ring (bicyclic) bond motifs is 2. The largest absolute Gasteiger partial charge is 0.237 e. The van der Waals surface area contributed by atoms with Crippen molar-refractivity contribution in [3.05, 3.63) is 93.1 Å². The molecule has 0 fully saturated rings. The predicted molar refractivity (Wildman–Crippen MR) is 129 cm³/mol. The fourth-order valence-electron chi connectivity index (χ4n) is 3.20. The van der Waals surface area contributed by atoms with E-state index in [1.165, 1.54) is 12.1 Å². The first-order valence-corrected chi connectivity index (χ1v) is 10.7. The summed E-state index contributed by atoms with van der Waals surface area (Å²) in [7, 11) is 0. The van der Waals surface area contributed by atoms with E-state index in [4.69, 9.17) is 34.8 Å². The van der Waals surface area contributed by atoms with Crippen LogP contribution < -0.4 is 0 Å². The van der Waals surface area contributed by atoms with Crippen molar-refractivity contribution in [1.82, 2.24) is 19.9 Å². The first-order valence-electron chi connectivity index (χ1n) is 9.60. The molecule has 0 aliphatic rings. The van der Waals surface area contributed by atoms with Crippen LogP contribution in [0.25, 0.3) is 33.3 Å². The van der Waals surface area contributed by atoms with Gasteiger partial charge in [-0.25, -0.2) is 24.3 Å². The molecule has 0 bridgehead atoms. The van der Waals surface area contributed by atoms with Crippen molar-refractivity contribution in [3.63, 3.8) is 0 Å². The van der Waals surface area contributed by atoms with Crippen molar-refractivity contribution in [2.45, 2.75) is 13.8 Å². The van der Waals surface area contributed by atoms with E-state index in [1.807, 2.05) is 44.2 Å². The van der Waals surface area contributed by atoms with Crippen LogP contribution in [0.5, 0.6) is 0 Å². The van der Waals surface area contributed by atoms with Crippen LogP contribution in [-0.2, 0) is 0 Å². The lowest BCUT2D eigenvalue weighted by Gasteiger charge is -2.09. The topological polar surface area (TPSA) is 51.6 Å². The van der Waals surface area contributed by atoms with Gasteiger partial charge in [0.05, 0.1) is 15.7 Å². The third-order valence-electron chi connectivity index (χ3n) is 4.89. The van der Waals surface area contributed by atoms with Crippen LogP contribution in [0.3, 0.4) is 0 Å². The molecular formula is C24H16Cl3FN4. The Morgan fingerprint density at radius 1 is 0.719 bits per heavy atom. The van der Waals surface area contributed by atoms with Gasteiger partial charge in [-0.1, -0.05) is 46.9 Å². The molecule has 0 radical (unpaired) electrons. The van der Waals surface area contributed by atoms with E-state index in [0.717, 1.165) is 21.9 Å². The highest BCUT2D eigenvalue weighted by atomic mass is 35.5. The van der Waals surface area contributed by atoms with Gasteiger partial charge in [0.25, 0.3) is 0 Å². The highest BCUT2D eigenvalue weighted by Gasteiger charge is 2.12. The van der Waals surface area contributed by atoms with E-state index in [1.54, 1.807) is 18.5 Å². The SMILES string of the molecule is Cc1c(-c2cccc(F)c2)nc2ncccc2c1Cl.Cc1c(Cl)nc2ncccc2c1Cl. The van der Waals surface area contributed by atoms with E-state index < -0.39 is 0 Å². The lowest BCUT2D eigenvalue weighted by atomic mass is 10.1. The number of halogens is 4. The Kier molecular flexibility index (Phi) is 6.51. The first-order chi connectivity index (χ1) is 15.4. The van der Waals surface area contributed by atoms with Gasteiger partial charge in [-0.15, -0.1) is 0 Å². The molecule has 160 valence electrons. The Balaban J connectivity index is 0.000000165. The minimum atomic E-state index is -0.295. The van der Waals surface area contributed by atoms with Gasteiger partial charge >= 0.3 is 0 Å². The summed E-state index contributed by atoms with van der Waals surface area (Å²) in [6, 6.07) is 13.7. The van der Waals surface area contributed by atoms with Crippen molar-refractivity contribution in [3.8, 4) is 11.3 Å². The van der Waals surface area contributed by atoms with E-state index >= 15 is 0 Å². The van der Waals surface area contributed by atoms with E-state index in [-0.39, 0.29) is 5.82 Å². The average Bonchev–Trinajstić information content (AvgIpc) is 2.80. The lowest BCUT2D eigenvalue weighted by Crippen LogP contribution is -1.94. The first kappa shape index (κ1) is 22.3. The van der Waals surface area contributed by atoms with Gasteiger partial charge in [-0.2, -0.15) is 0 Å². The quantitative estimate of drug-likeness (QED) is 0.229. The summed E-state index contributed by atoms with van der Waals surface area (Å²) < 4.78 is 13.3. The van der Waals surface area contributed by atoms with Crippen molar-refractivity contribution in [2.75, 3.05) is 0 Å². The summed E-state index contributed by atoms with van der Waals surface area (Å²) >= 11 is 18.3. The molecule has 0 spiro atoms. The minimum absolute atomic E-state index is 0.295. The van der Waals surface area contributed by atoms with Crippen molar-refractivity contribution >= 4 is 56.9 Å². The monoisotopic (exact) mass is 484 g/mol. The fourth-order valence-corrected chi connectivity index (χ4v) is 3.89. The standard InChI is InChI=1S/C15H10ClFN2.C9H6Cl2N2/c1-9-13(16)12-6-3-7-18-15(12)19-14(9)10-4-2-5-11(17)8-10;1-5-7(10)6-3-2-4-12-9(6)13-8(5)11/h2-8H,1H3;2-4H,1H3. The Morgan fingerprint density at radius 2 is 1.31 bits per heavy atom. The fraction of sp³-hybridized carbons (Fsp3) is 0.0833. The van der Waals surface area contributed by atoms with Crippen molar-refractivity contribution in [1.29, 1.82) is 0 Å². The number of aromatic nitrogens is 4. The van der Waals surface area contributed by atoms with Crippen LogP contribution in [0, 0.1) is 19.7 Å². The molecule has 0 aliphatic carbocycles. The molecule has 4 aromatic heterocycles. The smallest absolute Gasteiger partial charge is 0.162 e. The molecular weight excluding hydrogens is 470 g/mol. The molecule has 0 saturated heterocycles. The second-order valence-electron chi connectivity index (χ2n) is 7.00. The van der Waals surface area contributed by atoms with Crippen LogP contribution in [0.4, 0.5) is 4.39 Å². The van der Waals surface area contributed by atoms with E-state index in [9.17, 15) is 4.39 Å². The van der Waals surface area contributed by atoms with Gasteiger partial charge in [0.15, 0.2) is 11.3 Å². The molecule has 8 heteroatoms. The van der Waals surface area contributed by atoms with Gasteiger partial charge in [-0.3, -0.25) is 0 Å². The predicted octanol–water partition coefficient (Wildman–Crippen LogP) is 7.64. The molecule has 0 N–H and O–H groups in total. The molecule has 5 rings (SSSR count). The number of hydrogen-bond acceptors (Lipinski definition) is 4. The van der Waals surface area contributed by atoms with Crippen LogP contribution >= 0.6 is 34.8 Å². The number of rotatable bonds is 1. The Hall–Kier alpha value is -2.86. The average molecular weight is 486 g/mol. The third kappa shape index (κ3) is 4.37. The molecule has 0 saturated carbocycles. The summed E-state index contributed by atoms with van der Waals surface area (Å²) in [5.41, 5.74) is 4.14. The van der Waals surface area contributed by atoms with Crippen LogP contribution in [-0.4, -0.2) is 19.9 Å². The normalized spacial score (nSPS) is 10.8. The highest BCUT2D eigenvalue weighted by molar-refractivity contribution is 6.39. The van der Waals surface area contributed by atoms with Crippen molar-refractivity contribution in [2.24, 2.45) is 0 Å². The maximum Gasteiger partial charge on any atom is 0.162 e. The van der Waals surface area contributed by atoms with Crippen LogP contribution in [0.1, 0.15) is 11.1 Å². The zero-order chi connectivity index (χ0) is 22.8. The molecule has 1 aromatic carbocycles. The van der Waals surface area contributed by atoms with Crippen LogP contribution in [0.2, 0.25) is 15.2 Å². The van der Waals surface area contributed by atoms with E-state index in [2.05, 4.69) is 19.9 Å². The van der Waals surface area contributed by atoms with Gasteiger partial charge in [0, 0.05) is 34.3 Å². The molecule has 0 unspecified atom stereocenters. The number of hydrogen-bond donors (Lipinski definition) is 0. The van der Waals surface area contributed by atoms with Gasteiger partial charge < -0.3 is 0 Å². The molecule has 32 heavy (non-hydrogen) atoms. The summed E-state index contributed by atoms with van der Waals surface area (Å²) in [5.74, 6) is -0.295. The zero-order valence-electron chi connectivity index (χ0n) is 17.1. The van der Waals surface area contributed by atoms with Crippen molar-refractivity contribution < 1.29 is 4.39 Å². The Labute approximate surface area is 199 Å². The molecule has 4 heterocycles. The van der Waals surface area contributed by atoms with E-state index in [0.29, 0.717) is 37.8 Å². The maximum absolute atomic E-state index is 13.3. The number of nitrogens with zero attached hydrogens (tertiary/aromatic N) is 4. The molecule has 5 aromatic rings. The number of benzene rings is 1. The number of pyridine rings is 4. The minimum Gasteiger partial charge on any atom is -0.237 e. The van der Waals surface area contributed by atoms with Gasteiger partial charge in [-0.05, 0) is 55.8 Å². The maximum atomic E-state index is 13.3. The molecule has 0 aliphatic heterocycles. The Morgan fingerprint density at radius 3 is 1.94 bits per heavy atom.